The van der Waals surface area contributed by atoms with Crippen LogP contribution in [0.15, 0.2) is 79.0 Å². The van der Waals surface area contributed by atoms with E-state index in [1.54, 1.807) is 7.11 Å². The highest BCUT2D eigenvalue weighted by Gasteiger charge is 2.42. The number of pyridine rings is 1. The molecule has 1 aliphatic rings. The average Bonchev–Trinajstić information content (AvgIpc) is 3.40. The molecule has 1 N–H and O–H groups in total. The van der Waals surface area contributed by atoms with E-state index in [-0.39, 0.29) is 12.1 Å². The van der Waals surface area contributed by atoms with Crippen LogP contribution in [0.3, 0.4) is 0 Å². The third-order valence-corrected chi connectivity index (χ3v) is 7.18. The van der Waals surface area contributed by atoms with Gasteiger partial charge in [0.05, 0.1) is 24.9 Å². The number of benzene rings is 2. The van der Waals surface area contributed by atoms with Crippen molar-refractivity contribution in [2.45, 2.75) is 45.8 Å². The van der Waals surface area contributed by atoms with Crippen LogP contribution in [-0.4, -0.2) is 21.8 Å². The van der Waals surface area contributed by atoms with Gasteiger partial charge in [-0.1, -0.05) is 6.07 Å². The van der Waals surface area contributed by atoms with Crippen LogP contribution in [0.4, 0.5) is 5.69 Å². The van der Waals surface area contributed by atoms with Gasteiger partial charge in [-0.15, -0.1) is 0 Å². The van der Waals surface area contributed by atoms with Crippen molar-refractivity contribution in [1.82, 2.24) is 14.9 Å². The first-order valence-corrected chi connectivity index (χ1v) is 12.9. The summed E-state index contributed by atoms with van der Waals surface area (Å²) in [7, 11) is 1.65. The molecule has 4 aromatic rings. The first-order valence-electron chi connectivity index (χ1n) is 12.5. The molecule has 0 spiro atoms. The van der Waals surface area contributed by atoms with E-state index < -0.39 is 0 Å². The second kappa shape index (κ2) is 10.3. The molecule has 2 aromatic heterocycles. The van der Waals surface area contributed by atoms with Gasteiger partial charge < -0.3 is 24.3 Å². The van der Waals surface area contributed by atoms with E-state index in [0.717, 1.165) is 28.6 Å². The molecule has 0 aliphatic carbocycles. The third kappa shape index (κ3) is 4.79. The average molecular weight is 513 g/mol. The molecule has 6 nitrogen and oxygen atoms in total. The number of methoxy groups -OCH3 is 1. The highest BCUT2D eigenvalue weighted by Crippen LogP contribution is 2.44. The zero-order valence-electron chi connectivity index (χ0n) is 21.8. The van der Waals surface area contributed by atoms with Crippen LogP contribution in [0, 0.1) is 13.8 Å². The van der Waals surface area contributed by atoms with Crippen LogP contribution in [0.2, 0.25) is 0 Å². The monoisotopic (exact) mass is 512 g/mol. The fourth-order valence-electron chi connectivity index (χ4n) is 5.30. The van der Waals surface area contributed by atoms with Gasteiger partial charge in [-0.3, -0.25) is 4.98 Å². The maximum absolute atomic E-state index is 6.05. The Morgan fingerprint density at radius 1 is 0.919 bits per heavy atom. The Morgan fingerprint density at radius 2 is 1.57 bits per heavy atom. The lowest BCUT2D eigenvalue weighted by molar-refractivity contribution is 0.413. The van der Waals surface area contributed by atoms with Gasteiger partial charge in [0.25, 0.3) is 0 Å². The second-order valence-electron chi connectivity index (χ2n) is 9.56. The maximum atomic E-state index is 6.05. The molecular formula is C30H32N4O2S. The Kier molecular flexibility index (Phi) is 6.89. The Labute approximate surface area is 223 Å². The lowest BCUT2D eigenvalue weighted by atomic mass is 9.96. The highest BCUT2D eigenvalue weighted by atomic mass is 32.1. The molecule has 2 unspecified atom stereocenters. The first-order chi connectivity index (χ1) is 17.9. The van der Waals surface area contributed by atoms with E-state index in [1.807, 2.05) is 54.7 Å². The minimum absolute atomic E-state index is 0.0468. The predicted octanol–water partition coefficient (Wildman–Crippen LogP) is 7.06. The summed E-state index contributed by atoms with van der Waals surface area (Å²) >= 11 is 5.91. The van der Waals surface area contributed by atoms with Gasteiger partial charge in [0.15, 0.2) is 5.11 Å². The Morgan fingerprint density at radius 3 is 2.14 bits per heavy atom. The summed E-state index contributed by atoms with van der Waals surface area (Å²) < 4.78 is 13.7. The van der Waals surface area contributed by atoms with Crippen molar-refractivity contribution in [2.24, 2.45) is 0 Å². The van der Waals surface area contributed by atoms with Crippen LogP contribution < -0.4 is 19.7 Å². The van der Waals surface area contributed by atoms with Crippen molar-refractivity contribution in [2.75, 3.05) is 12.0 Å². The molecule has 0 amide bonds. The first kappa shape index (κ1) is 24.8. The molecule has 1 saturated heterocycles. The van der Waals surface area contributed by atoms with Crippen LogP contribution in [0.25, 0.3) is 0 Å². The normalized spacial score (nSPS) is 17.2. The standard InChI is InChI=1S/C30H32N4O2S/c1-19(2)33-20(3)18-26(21(33)4)29-28(27-8-6-7-17-31-27)32-30(37)34(29)22-9-11-24(12-10-22)36-25-15-13-23(35-5)14-16-25/h6-19,28-29H,1-5H3,(H,32,37). The molecule has 0 saturated carbocycles. The number of nitrogens with zero attached hydrogens (tertiary/aromatic N) is 3. The van der Waals surface area contributed by atoms with Gasteiger partial charge >= 0.3 is 0 Å². The lowest BCUT2D eigenvalue weighted by Crippen LogP contribution is -2.29. The third-order valence-electron chi connectivity index (χ3n) is 6.87. The van der Waals surface area contributed by atoms with Gasteiger partial charge in [-0.05, 0) is 112 Å². The van der Waals surface area contributed by atoms with Gasteiger partial charge in [0.2, 0.25) is 0 Å². The molecule has 0 radical (unpaired) electrons. The Bertz CT molecular complexity index is 1380. The number of nitrogens with one attached hydrogen (secondary N) is 1. The second-order valence-corrected chi connectivity index (χ2v) is 9.95. The van der Waals surface area contributed by atoms with Crippen LogP contribution >= 0.6 is 12.2 Å². The zero-order chi connectivity index (χ0) is 26.1. The summed E-state index contributed by atoms with van der Waals surface area (Å²) in [5, 5.41) is 4.24. The molecule has 1 aliphatic heterocycles. The number of rotatable bonds is 7. The summed E-state index contributed by atoms with van der Waals surface area (Å²) in [6.07, 6.45) is 1.84. The largest absolute Gasteiger partial charge is 0.497 e. The van der Waals surface area contributed by atoms with E-state index in [9.17, 15) is 0 Å². The minimum atomic E-state index is -0.0787. The van der Waals surface area contributed by atoms with E-state index in [1.165, 1.54) is 17.0 Å². The Balaban J connectivity index is 1.51. The maximum Gasteiger partial charge on any atom is 0.174 e. The molecule has 5 rings (SSSR count). The molecule has 0 bridgehead atoms. The Hall–Kier alpha value is -3.84. The van der Waals surface area contributed by atoms with Gasteiger partial charge in [0.1, 0.15) is 17.2 Å². The predicted molar refractivity (Wildman–Crippen MR) is 152 cm³/mol. The molecular weight excluding hydrogens is 480 g/mol. The number of thiocarbonyl (C=S) groups is 1. The molecule has 37 heavy (non-hydrogen) atoms. The zero-order valence-corrected chi connectivity index (χ0v) is 22.6. The smallest absolute Gasteiger partial charge is 0.174 e. The van der Waals surface area contributed by atoms with E-state index in [2.05, 4.69) is 71.7 Å². The SMILES string of the molecule is COc1ccc(Oc2ccc(N3C(=S)NC(c4ccccn4)C3c3cc(C)n(C(C)C)c3C)cc2)cc1. The van der Waals surface area contributed by atoms with Crippen LogP contribution in [-0.2, 0) is 0 Å². The number of hydrogen-bond donors (Lipinski definition) is 1. The van der Waals surface area contributed by atoms with Crippen molar-refractivity contribution in [3.05, 3.63) is 102 Å². The van der Waals surface area contributed by atoms with Crippen molar-refractivity contribution >= 4 is 23.0 Å². The quantitative estimate of drug-likeness (QED) is 0.268. The number of hydrogen-bond acceptors (Lipinski definition) is 4. The minimum Gasteiger partial charge on any atom is -0.497 e. The fourth-order valence-corrected chi connectivity index (χ4v) is 5.65. The van der Waals surface area contributed by atoms with E-state index in [0.29, 0.717) is 11.2 Å². The van der Waals surface area contributed by atoms with E-state index >= 15 is 0 Å². The summed E-state index contributed by atoms with van der Waals surface area (Å²) in [6, 6.07) is 24.2. The molecule has 7 heteroatoms. The van der Waals surface area contributed by atoms with Crippen molar-refractivity contribution in [3.8, 4) is 17.2 Å². The number of aromatic nitrogens is 2. The summed E-state index contributed by atoms with van der Waals surface area (Å²) in [5.41, 5.74) is 5.69. The fraction of sp³-hybridized carbons (Fsp3) is 0.267. The molecule has 190 valence electrons. The number of aryl methyl sites for hydroxylation is 1. The van der Waals surface area contributed by atoms with Crippen LogP contribution in [0.1, 0.15) is 54.6 Å². The van der Waals surface area contributed by atoms with Crippen LogP contribution in [0.5, 0.6) is 17.2 Å². The molecule has 3 heterocycles. The number of anilines is 1. The van der Waals surface area contributed by atoms with Gasteiger partial charge in [-0.25, -0.2) is 0 Å². The van der Waals surface area contributed by atoms with Crippen molar-refractivity contribution < 1.29 is 9.47 Å². The van der Waals surface area contributed by atoms with Crippen molar-refractivity contribution in [1.29, 1.82) is 0 Å². The van der Waals surface area contributed by atoms with E-state index in [4.69, 9.17) is 21.7 Å². The summed E-state index contributed by atoms with van der Waals surface area (Å²) in [4.78, 5) is 6.89. The lowest BCUT2D eigenvalue weighted by Gasteiger charge is -2.28. The van der Waals surface area contributed by atoms with Gasteiger partial charge in [-0.2, -0.15) is 0 Å². The van der Waals surface area contributed by atoms with Gasteiger partial charge in [0, 0.05) is 29.3 Å². The van der Waals surface area contributed by atoms with Crippen molar-refractivity contribution in [3.63, 3.8) is 0 Å². The molecule has 1 fully saturated rings. The summed E-state index contributed by atoms with van der Waals surface area (Å²) in [6.45, 7) is 8.81. The summed E-state index contributed by atoms with van der Waals surface area (Å²) in [5.74, 6) is 2.30. The molecule has 2 aromatic carbocycles. The molecule has 2 atom stereocenters. The highest BCUT2D eigenvalue weighted by molar-refractivity contribution is 7.80. The topological polar surface area (TPSA) is 51.6 Å². The number of ether oxygens (including phenoxy) is 2.